The molecule has 2 saturated carbocycles. The lowest BCUT2D eigenvalue weighted by Gasteiger charge is -2.38. The first-order valence-corrected chi connectivity index (χ1v) is 23.5. The summed E-state index contributed by atoms with van der Waals surface area (Å²) in [6.07, 6.45) is 17.8. The van der Waals surface area contributed by atoms with E-state index in [0.717, 1.165) is 53.2 Å². The smallest absolute Gasteiger partial charge is 0.417 e. The maximum Gasteiger partial charge on any atom is 0.417 e. The summed E-state index contributed by atoms with van der Waals surface area (Å²) in [7, 11) is 0. The van der Waals surface area contributed by atoms with Crippen molar-refractivity contribution in [1.29, 1.82) is 0 Å². The summed E-state index contributed by atoms with van der Waals surface area (Å²) in [6, 6.07) is 13.9. The second kappa shape index (κ2) is 25.5. The van der Waals surface area contributed by atoms with E-state index in [4.69, 9.17) is 37.9 Å². The van der Waals surface area contributed by atoms with Crippen LogP contribution in [0.1, 0.15) is 117 Å². The molecular formula is C51H70O13. The van der Waals surface area contributed by atoms with Crippen molar-refractivity contribution in [3.63, 3.8) is 0 Å². The van der Waals surface area contributed by atoms with Gasteiger partial charge in [0.1, 0.15) is 43.3 Å². The molecule has 2 aromatic rings. The van der Waals surface area contributed by atoms with Crippen LogP contribution in [0.15, 0.2) is 54.6 Å². The van der Waals surface area contributed by atoms with Crippen LogP contribution in [0.3, 0.4) is 0 Å². The monoisotopic (exact) mass is 890 g/mol. The van der Waals surface area contributed by atoms with Gasteiger partial charge in [0.15, 0.2) is 0 Å². The fourth-order valence-electron chi connectivity index (χ4n) is 8.82. The van der Waals surface area contributed by atoms with E-state index < -0.39 is 55.1 Å². The summed E-state index contributed by atoms with van der Waals surface area (Å²) >= 11 is 0. The van der Waals surface area contributed by atoms with Crippen molar-refractivity contribution in [1.82, 2.24) is 0 Å². The molecule has 3 fully saturated rings. The molecule has 0 N–H and O–H groups in total. The maximum atomic E-state index is 12.6. The quantitative estimate of drug-likeness (QED) is 0.0245. The molecule has 352 valence electrons. The first kappa shape index (κ1) is 50.1. The van der Waals surface area contributed by atoms with Crippen LogP contribution < -0.4 is 9.47 Å². The number of ether oxygens (including phenoxy) is 8. The Bertz CT molecular complexity index is 1800. The molecule has 1 unspecified atom stereocenters. The number of rotatable bonds is 24. The van der Waals surface area contributed by atoms with Crippen LogP contribution in [0.5, 0.6) is 11.5 Å². The molecule has 2 aliphatic carbocycles. The summed E-state index contributed by atoms with van der Waals surface area (Å²) in [5.74, 6) is -1.23. The molecule has 13 nitrogen and oxygen atoms in total. The van der Waals surface area contributed by atoms with Crippen LogP contribution in [0.4, 0.5) is 0 Å². The molecule has 0 aromatic heterocycles. The van der Waals surface area contributed by atoms with Crippen molar-refractivity contribution < 1.29 is 61.9 Å². The summed E-state index contributed by atoms with van der Waals surface area (Å²) in [6.45, 7) is 9.58. The van der Waals surface area contributed by atoms with E-state index in [1.54, 1.807) is 0 Å². The third-order valence-corrected chi connectivity index (χ3v) is 12.8. The standard InChI is InChI=1S/C51H70O13/c1-6-9-10-11-36-12-16-38(17-13-36)39-18-14-37(15-19-39)29-59-43-24-20-40(21-25-43)41-23-27-45(42(28-41)22-26-44-30-60-44)61-31-51(32-62-46(52)35(4)5,33-63-49(55)47(53)57-7-2)34-64-50(56)48(54)58-8-3/h20-21,23-25,27-28,36-39,44H,4,6-19,22,26,29-34H2,1-3,5H3. The van der Waals surface area contributed by atoms with Gasteiger partial charge in [-0.2, -0.15) is 0 Å². The highest BCUT2D eigenvalue weighted by Crippen LogP contribution is 2.42. The lowest BCUT2D eigenvalue weighted by atomic mass is 9.69. The van der Waals surface area contributed by atoms with Gasteiger partial charge in [-0.15, -0.1) is 0 Å². The van der Waals surface area contributed by atoms with Crippen molar-refractivity contribution in [3.05, 3.63) is 60.2 Å². The van der Waals surface area contributed by atoms with Gasteiger partial charge in [-0.1, -0.05) is 70.2 Å². The molecule has 64 heavy (non-hydrogen) atoms. The topological polar surface area (TPSA) is 162 Å². The zero-order valence-electron chi connectivity index (χ0n) is 38.5. The van der Waals surface area contributed by atoms with Crippen molar-refractivity contribution in [2.45, 2.75) is 124 Å². The Morgan fingerprint density at radius 1 is 0.625 bits per heavy atom. The Morgan fingerprint density at radius 2 is 1.16 bits per heavy atom. The van der Waals surface area contributed by atoms with Crippen LogP contribution in [0.25, 0.3) is 11.1 Å². The molecular weight excluding hydrogens is 821 g/mol. The largest absolute Gasteiger partial charge is 0.493 e. The van der Waals surface area contributed by atoms with E-state index in [1.807, 2.05) is 42.5 Å². The second-order valence-electron chi connectivity index (χ2n) is 17.9. The van der Waals surface area contributed by atoms with Crippen molar-refractivity contribution >= 4 is 29.8 Å². The number of carbonyl (C=O) groups is 5. The van der Waals surface area contributed by atoms with Crippen molar-refractivity contribution in [2.75, 3.05) is 52.9 Å². The second-order valence-corrected chi connectivity index (χ2v) is 17.9. The highest BCUT2D eigenvalue weighted by molar-refractivity contribution is 6.30. The SMILES string of the molecule is C=C(C)C(=O)OCC(COC(=O)C(=O)OCC)(COC(=O)C(=O)OCC)COc1ccc(-c2ccc(OCC3CCC(C4CCC(CCCCC)CC4)CC3)cc2)cc1CCC1CO1. The Kier molecular flexibility index (Phi) is 20.0. The molecule has 1 saturated heterocycles. The van der Waals surface area contributed by atoms with Gasteiger partial charge in [0.25, 0.3) is 0 Å². The molecule has 1 heterocycles. The Labute approximate surface area is 379 Å². The third kappa shape index (κ3) is 16.0. The van der Waals surface area contributed by atoms with E-state index >= 15 is 0 Å². The maximum absolute atomic E-state index is 12.6. The fraction of sp³-hybridized carbons (Fsp3) is 0.627. The molecule has 13 heteroatoms. The number of benzene rings is 2. The molecule has 5 rings (SSSR count). The van der Waals surface area contributed by atoms with Gasteiger partial charge in [0.05, 0.1) is 32.5 Å². The first-order chi connectivity index (χ1) is 30.9. The van der Waals surface area contributed by atoms with Gasteiger partial charge in [0, 0.05) is 5.57 Å². The highest BCUT2D eigenvalue weighted by atomic mass is 16.6. The van der Waals surface area contributed by atoms with Gasteiger partial charge in [-0.3, -0.25) is 0 Å². The summed E-state index contributed by atoms with van der Waals surface area (Å²) < 4.78 is 43.9. The molecule has 0 radical (unpaired) electrons. The van der Waals surface area contributed by atoms with Gasteiger partial charge in [-0.25, -0.2) is 24.0 Å². The van der Waals surface area contributed by atoms with E-state index in [0.29, 0.717) is 24.7 Å². The minimum absolute atomic E-state index is 0.0705. The Morgan fingerprint density at radius 3 is 1.69 bits per heavy atom. The van der Waals surface area contributed by atoms with Crippen LogP contribution in [0, 0.1) is 29.1 Å². The number of carbonyl (C=O) groups excluding carboxylic acids is 5. The molecule has 2 aromatic carbocycles. The average molecular weight is 891 g/mol. The van der Waals surface area contributed by atoms with Gasteiger partial charge in [-0.05, 0) is 137 Å². The number of epoxide rings is 1. The average Bonchev–Trinajstić information content (AvgIpc) is 4.15. The van der Waals surface area contributed by atoms with Crippen LogP contribution in [-0.2, 0) is 58.8 Å². The van der Waals surface area contributed by atoms with Crippen LogP contribution in [-0.4, -0.2) is 88.8 Å². The summed E-state index contributed by atoms with van der Waals surface area (Å²) in [5.41, 5.74) is 1.27. The summed E-state index contributed by atoms with van der Waals surface area (Å²) in [4.78, 5) is 62.1. The van der Waals surface area contributed by atoms with Crippen LogP contribution in [0.2, 0.25) is 0 Å². The lowest BCUT2D eigenvalue weighted by molar-refractivity contribution is -0.178. The minimum atomic E-state index is -1.60. The van der Waals surface area contributed by atoms with Gasteiger partial charge >= 0.3 is 29.8 Å². The van der Waals surface area contributed by atoms with E-state index in [1.165, 1.54) is 97.8 Å². The number of hydrogen-bond donors (Lipinski definition) is 0. The summed E-state index contributed by atoms with van der Waals surface area (Å²) in [5, 5.41) is 0. The minimum Gasteiger partial charge on any atom is -0.493 e. The zero-order chi connectivity index (χ0) is 45.9. The fourth-order valence-corrected chi connectivity index (χ4v) is 8.82. The predicted octanol–water partition coefficient (Wildman–Crippen LogP) is 8.95. The highest BCUT2D eigenvalue weighted by Gasteiger charge is 2.40. The molecule has 3 aliphatic rings. The van der Waals surface area contributed by atoms with E-state index in [2.05, 4.69) is 13.5 Å². The first-order valence-electron chi connectivity index (χ1n) is 23.5. The van der Waals surface area contributed by atoms with Crippen LogP contribution >= 0.6 is 0 Å². The number of aryl methyl sites for hydroxylation is 1. The molecule has 0 amide bonds. The predicted molar refractivity (Wildman–Crippen MR) is 239 cm³/mol. The van der Waals surface area contributed by atoms with Crippen molar-refractivity contribution in [3.8, 4) is 22.6 Å². The van der Waals surface area contributed by atoms with E-state index in [9.17, 15) is 24.0 Å². The number of hydrogen-bond acceptors (Lipinski definition) is 13. The third-order valence-electron chi connectivity index (χ3n) is 12.8. The molecule has 0 spiro atoms. The molecule has 1 aliphatic heterocycles. The van der Waals surface area contributed by atoms with Gasteiger partial charge in [0.2, 0.25) is 0 Å². The van der Waals surface area contributed by atoms with Gasteiger partial charge < -0.3 is 37.9 Å². The molecule has 0 bridgehead atoms. The lowest BCUT2D eigenvalue weighted by Crippen LogP contribution is -2.45. The molecule has 1 atom stereocenters. The normalized spacial score (nSPS) is 20.6. The number of unbranched alkanes of at least 4 members (excludes halogenated alkanes) is 2. The zero-order valence-corrected chi connectivity index (χ0v) is 38.5. The van der Waals surface area contributed by atoms with E-state index in [-0.39, 0.29) is 31.5 Å². The number of esters is 5. The van der Waals surface area contributed by atoms with Crippen molar-refractivity contribution in [2.24, 2.45) is 29.1 Å². The Balaban J connectivity index is 1.24. The Hall–Kier alpha value is -4.91.